The summed E-state index contributed by atoms with van der Waals surface area (Å²) in [6, 6.07) is 21.0. The Kier molecular flexibility index (Phi) is 15.5. The first-order valence-corrected chi connectivity index (χ1v) is 23.2. The van der Waals surface area contributed by atoms with Crippen LogP contribution in [0, 0.1) is 17.8 Å². The number of rotatable bonds is 16. The van der Waals surface area contributed by atoms with Gasteiger partial charge in [-0.25, -0.2) is 4.79 Å². The van der Waals surface area contributed by atoms with Gasteiger partial charge < -0.3 is 23.4 Å². The first kappa shape index (κ1) is 44.8. The molecule has 286 valence electrons. The molecule has 7 nitrogen and oxygen atoms in total. The van der Waals surface area contributed by atoms with Crippen LogP contribution in [0.5, 0.6) is 0 Å². The molecule has 0 aromatic heterocycles. The summed E-state index contributed by atoms with van der Waals surface area (Å²) in [5, 5.41) is 13.6. The van der Waals surface area contributed by atoms with Crippen LogP contribution < -0.4 is 10.4 Å². The lowest BCUT2D eigenvalue weighted by molar-refractivity contribution is -0.174. The number of methoxy groups -OCH3 is 1. The van der Waals surface area contributed by atoms with Gasteiger partial charge in [0.25, 0.3) is 8.32 Å². The molecule has 0 radical (unpaired) electrons. The number of carbonyl (C=O) groups excluding carboxylic acids is 2. The van der Waals surface area contributed by atoms with E-state index in [0.717, 1.165) is 0 Å². The van der Waals surface area contributed by atoms with Crippen molar-refractivity contribution in [2.75, 3.05) is 13.7 Å². The second kappa shape index (κ2) is 17.6. The molecule has 51 heavy (non-hydrogen) atoms. The normalized spacial score (nSPS) is 17.2. The number of ketones is 1. The second-order valence-electron chi connectivity index (χ2n) is 17.8. The molecule has 0 aliphatic rings. The molecule has 0 aliphatic carbocycles. The maximum Gasteiger partial charge on any atom is 0.337 e. The third kappa shape index (κ3) is 11.3. The van der Waals surface area contributed by atoms with Crippen molar-refractivity contribution in [2.24, 2.45) is 17.8 Å². The second-order valence-corrected chi connectivity index (χ2v) is 26.9. The van der Waals surface area contributed by atoms with E-state index in [1.54, 1.807) is 34.6 Å². The zero-order valence-corrected chi connectivity index (χ0v) is 36.4. The maximum atomic E-state index is 14.0. The van der Waals surface area contributed by atoms with Gasteiger partial charge in [0.15, 0.2) is 14.4 Å². The molecule has 0 fully saturated rings. The van der Waals surface area contributed by atoms with Crippen LogP contribution >= 0.6 is 0 Å². The van der Waals surface area contributed by atoms with Crippen LogP contribution in [0.25, 0.3) is 0 Å². The lowest BCUT2D eigenvalue weighted by Gasteiger charge is -2.43. The Morgan fingerprint density at radius 3 is 1.65 bits per heavy atom. The monoisotopic (exact) mass is 740 g/mol. The summed E-state index contributed by atoms with van der Waals surface area (Å²) in [6.45, 7) is 30.4. The van der Waals surface area contributed by atoms with Crippen molar-refractivity contribution in [3.8, 4) is 0 Å². The number of ether oxygens (including phenoxy) is 2. The van der Waals surface area contributed by atoms with Crippen molar-refractivity contribution in [2.45, 2.75) is 137 Å². The van der Waals surface area contributed by atoms with Crippen molar-refractivity contribution in [1.29, 1.82) is 0 Å². The number of carbonyl (C=O) groups is 2. The molecule has 2 aromatic carbocycles. The number of Topliss-reactive ketones (excluding diaryl/α,β-unsaturated/α-hetero) is 1. The van der Waals surface area contributed by atoms with Crippen molar-refractivity contribution in [1.82, 2.24) is 0 Å². The smallest absolute Gasteiger partial charge is 0.337 e. The quantitative estimate of drug-likeness (QED) is 0.106. The minimum Gasteiger partial charge on any atom is -0.458 e. The molecule has 0 amide bonds. The molecule has 0 aliphatic heterocycles. The molecule has 0 bridgehead atoms. The van der Waals surface area contributed by atoms with E-state index in [1.807, 2.05) is 25.1 Å². The highest BCUT2D eigenvalue weighted by Gasteiger charge is 2.50. The van der Waals surface area contributed by atoms with Gasteiger partial charge in [-0.1, -0.05) is 129 Å². The van der Waals surface area contributed by atoms with E-state index in [0.29, 0.717) is 12.2 Å². The lowest BCUT2D eigenvalue weighted by Crippen LogP contribution is -2.66. The minimum absolute atomic E-state index is 0.0396. The van der Waals surface area contributed by atoms with Crippen LogP contribution in [-0.2, 0) is 27.9 Å². The highest BCUT2D eigenvalue weighted by molar-refractivity contribution is 6.99. The van der Waals surface area contributed by atoms with Gasteiger partial charge in [-0.05, 0) is 72.7 Å². The first-order chi connectivity index (χ1) is 23.3. The van der Waals surface area contributed by atoms with Crippen LogP contribution in [-0.4, -0.2) is 71.1 Å². The fourth-order valence-electron chi connectivity index (χ4n) is 6.43. The molecule has 0 spiro atoms. The Morgan fingerprint density at radius 2 is 1.25 bits per heavy atom. The Hall–Kier alpha value is -2.41. The van der Waals surface area contributed by atoms with Crippen LogP contribution in [0.2, 0.25) is 23.2 Å². The minimum atomic E-state index is -2.73. The summed E-state index contributed by atoms with van der Waals surface area (Å²) < 4.78 is 25.4. The van der Waals surface area contributed by atoms with Gasteiger partial charge in [0.2, 0.25) is 0 Å². The summed E-state index contributed by atoms with van der Waals surface area (Å²) in [7, 11) is -3.73. The van der Waals surface area contributed by atoms with E-state index >= 15 is 0 Å². The average Bonchev–Trinajstić information content (AvgIpc) is 3.02. The molecular formula is C42H68O7Si2. The number of esters is 1. The van der Waals surface area contributed by atoms with Crippen molar-refractivity contribution in [3.05, 3.63) is 72.3 Å². The maximum absolute atomic E-state index is 14.0. The summed E-state index contributed by atoms with van der Waals surface area (Å²) >= 11 is 0. The molecule has 0 saturated carbocycles. The third-order valence-corrected chi connectivity index (χ3v) is 19.8. The zero-order chi connectivity index (χ0) is 39.2. The van der Waals surface area contributed by atoms with Crippen LogP contribution in [0.15, 0.2) is 72.3 Å². The Balaban J connectivity index is 2.35. The fourth-order valence-corrected chi connectivity index (χ4v) is 12.3. The molecular weight excluding hydrogens is 673 g/mol. The summed E-state index contributed by atoms with van der Waals surface area (Å²) in [5.74, 6) is -2.33. The number of hydrogen-bond donors (Lipinski definition) is 1. The lowest BCUT2D eigenvalue weighted by atomic mass is 9.83. The van der Waals surface area contributed by atoms with Crippen LogP contribution in [0.3, 0.4) is 0 Å². The van der Waals surface area contributed by atoms with E-state index in [1.165, 1.54) is 17.5 Å². The van der Waals surface area contributed by atoms with E-state index in [2.05, 4.69) is 110 Å². The van der Waals surface area contributed by atoms with E-state index in [9.17, 15) is 14.7 Å². The number of aliphatic hydroxyl groups excluding tert-OH is 1. The molecule has 1 N–H and O–H groups in total. The summed E-state index contributed by atoms with van der Waals surface area (Å²) in [6.07, 6.45) is -1.03. The van der Waals surface area contributed by atoms with Gasteiger partial charge in [0.05, 0.1) is 6.10 Å². The average molecular weight is 741 g/mol. The van der Waals surface area contributed by atoms with Gasteiger partial charge in [-0.2, -0.15) is 0 Å². The molecule has 6 atom stereocenters. The largest absolute Gasteiger partial charge is 0.458 e. The van der Waals surface area contributed by atoms with Crippen molar-refractivity contribution >= 4 is 38.8 Å². The SMILES string of the molecule is CO[C@@H]([C@H](C)C(=O)[C@H](C)[C@@H](O)/C(C)=C/[C@H](C)CO[Si](c1ccccc1)(c1ccccc1)C(C)(C)C)[C@@H](O[Si](C)(C)C(C)(C)C)C(=O)OC(C)(C)C. The van der Waals surface area contributed by atoms with Crippen LogP contribution in [0.1, 0.15) is 90.0 Å². The van der Waals surface area contributed by atoms with Crippen molar-refractivity contribution in [3.63, 3.8) is 0 Å². The highest BCUT2D eigenvalue weighted by atomic mass is 28.4. The number of benzene rings is 2. The number of hydrogen-bond acceptors (Lipinski definition) is 7. The molecule has 0 unspecified atom stereocenters. The van der Waals surface area contributed by atoms with Crippen LogP contribution in [0.4, 0.5) is 0 Å². The molecule has 2 aromatic rings. The number of aliphatic hydroxyl groups is 1. The third-order valence-electron chi connectivity index (χ3n) is 10.3. The molecule has 0 heterocycles. The Labute approximate surface area is 311 Å². The van der Waals surface area contributed by atoms with Gasteiger partial charge in [-0.3, -0.25) is 4.79 Å². The standard InChI is InChI=1S/C42H68O7Si2/c1-29(28-47-51(42(11,12)13,33-23-19-17-20-24-33)34-25-21-18-22-26-34)27-30(2)35(43)31(3)36(44)32(4)37(46-14)38(39(45)48-40(5,6)7)49-50(15,16)41(8,9)10/h17-27,29,31-32,35,37-38,43H,28H2,1-16H3/b30-27+/t29-,31+,32+,35-,37-,38+/m0/s1. The summed E-state index contributed by atoms with van der Waals surface area (Å²) in [5.41, 5.74) is -0.0579. The van der Waals surface area contributed by atoms with E-state index in [4.69, 9.17) is 18.3 Å². The Bertz CT molecular complexity index is 1400. The predicted molar refractivity (Wildman–Crippen MR) is 215 cm³/mol. The highest BCUT2D eigenvalue weighted by Crippen LogP contribution is 2.39. The first-order valence-electron chi connectivity index (χ1n) is 18.4. The molecule has 0 saturated heterocycles. The molecule has 9 heteroatoms. The van der Waals surface area contributed by atoms with Gasteiger partial charge in [0.1, 0.15) is 17.5 Å². The predicted octanol–water partition coefficient (Wildman–Crippen LogP) is 8.09. The van der Waals surface area contributed by atoms with Gasteiger partial charge >= 0.3 is 5.97 Å². The topological polar surface area (TPSA) is 91.3 Å². The van der Waals surface area contributed by atoms with Crippen molar-refractivity contribution < 1.29 is 33.0 Å². The van der Waals surface area contributed by atoms with E-state index < -0.39 is 58.4 Å². The summed E-state index contributed by atoms with van der Waals surface area (Å²) in [4.78, 5) is 27.7. The fraction of sp³-hybridized carbons (Fsp3) is 0.619. The Morgan fingerprint density at radius 1 is 0.784 bits per heavy atom. The van der Waals surface area contributed by atoms with Gasteiger partial charge in [-0.15, -0.1) is 0 Å². The van der Waals surface area contributed by atoms with Gasteiger partial charge in [0, 0.05) is 25.6 Å². The zero-order valence-electron chi connectivity index (χ0n) is 34.4. The van der Waals surface area contributed by atoms with E-state index in [-0.39, 0.29) is 21.8 Å². The molecule has 2 rings (SSSR count).